The molecule has 3 heterocycles. The molecular weight excluding hydrogens is 536 g/mol. The van der Waals surface area contributed by atoms with Crippen LogP contribution in [0.15, 0.2) is 79.0 Å². The van der Waals surface area contributed by atoms with E-state index in [4.69, 9.17) is 26.7 Å². The molecule has 1 aliphatic rings. The highest BCUT2D eigenvalue weighted by atomic mass is 35.5. The first kappa shape index (κ1) is 27.0. The fraction of sp³-hybridized carbons (Fsp3) is 0.273. The molecule has 0 bridgehead atoms. The van der Waals surface area contributed by atoms with Crippen molar-refractivity contribution in [3.8, 4) is 11.3 Å². The van der Waals surface area contributed by atoms with Gasteiger partial charge in [0.15, 0.2) is 0 Å². The molecule has 0 radical (unpaired) electrons. The van der Waals surface area contributed by atoms with Gasteiger partial charge in [-0.15, -0.1) is 0 Å². The van der Waals surface area contributed by atoms with Crippen LogP contribution in [-0.2, 0) is 11.2 Å². The Morgan fingerprint density at radius 3 is 2.46 bits per heavy atom. The van der Waals surface area contributed by atoms with Crippen molar-refractivity contribution in [2.45, 2.75) is 44.6 Å². The maximum absolute atomic E-state index is 13.5. The number of likely N-dealkylation sites (tertiary alicyclic amines) is 1. The molecule has 0 atom stereocenters. The largest absolute Gasteiger partial charge is 0.481 e. The van der Waals surface area contributed by atoms with Gasteiger partial charge in [-0.1, -0.05) is 41.9 Å². The molecule has 5 aromatic rings. The predicted molar refractivity (Wildman–Crippen MR) is 161 cm³/mol. The van der Waals surface area contributed by atoms with E-state index in [0.29, 0.717) is 60.0 Å². The molecule has 208 valence electrons. The predicted octanol–water partition coefficient (Wildman–Crippen LogP) is 7.18. The number of benzene rings is 3. The zero-order valence-corrected chi connectivity index (χ0v) is 23.4. The highest BCUT2D eigenvalue weighted by Gasteiger charge is 2.25. The number of halogens is 1. The SMILES string of the molecule is O=C(O)CCCCc1nc2cc(C(=O)N3CCC(n4ccc5ccccc54)CC3)ccc2nc1-c1ccc(Cl)cc1. The van der Waals surface area contributed by atoms with E-state index in [1.807, 2.05) is 47.4 Å². The number of carbonyl (C=O) groups is 2. The highest BCUT2D eigenvalue weighted by molar-refractivity contribution is 6.30. The number of aliphatic carboxylic acids is 1. The number of fused-ring (bicyclic) bond motifs is 2. The number of carbonyl (C=O) groups excluding carboxylic acids is 1. The second-order valence-corrected chi connectivity index (χ2v) is 11.1. The number of para-hydroxylation sites is 1. The minimum Gasteiger partial charge on any atom is -0.481 e. The van der Waals surface area contributed by atoms with Gasteiger partial charge in [0.05, 0.1) is 22.4 Å². The van der Waals surface area contributed by atoms with Crippen LogP contribution in [-0.4, -0.2) is 49.5 Å². The van der Waals surface area contributed by atoms with E-state index in [-0.39, 0.29) is 12.3 Å². The van der Waals surface area contributed by atoms with Crippen LogP contribution in [0.1, 0.15) is 54.2 Å². The molecule has 1 fully saturated rings. The zero-order chi connectivity index (χ0) is 28.3. The van der Waals surface area contributed by atoms with Crippen molar-refractivity contribution < 1.29 is 14.7 Å². The molecular formula is C33H31ClN4O3. The van der Waals surface area contributed by atoms with Crippen LogP contribution in [0.25, 0.3) is 33.2 Å². The first-order valence-corrected chi connectivity index (χ1v) is 14.5. The van der Waals surface area contributed by atoms with Crippen LogP contribution < -0.4 is 0 Å². The van der Waals surface area contributed by atoms with Crippen molar-refractivity contribution in [1.82, 2.24) is 19.4 Å². The smallest absolute Gasteiger partial charge is 0.303 e. The Bertz CT molecular complexity index is 1720. The Labute approximate surface area is 243 Å². The summed E-state index contributed by atoms with van der Waals surface area (Å²) in [6.45, 7) is 1.40. The third-order valence-electron chi connectivity index (χ3n) is 7.93. The van der Waals surface area contributed by atoms with Gasteiger partial charge >= 0.3 is 5.97 Å². The van der Waals surface area contributed by atoms with Crippen LogP contribution in [0.3, 0.4) is 0 Å². The summed E-state index contributed by atoms with van der Waals surface area (Å²) in [5.74, 6) is -0.796. The van der Waals surface area contributed by atoms with Gasteiger partial charge in [-0.25, -0.2) is 9.97 Å². The summed E-state index contributed by atoms with van der Waals surface area (Å²) < 4.78 is 2.35. The fourth-order valence-corrected chi connectivity index (χ4v) is 5.88. The van der Waals surface area contributed by atoms with Gasteiger partial charge in [0.2, 0.25) is 0 Å². The number of aryl methyl sites for hydroxylation is 1. The van der Waals surface area contributed by atoms with E-state index in [1.165, 1.54) is 10.9 Å². The maximum atomic E-state index is 13.5. The molecule has 1 aliphatic heterocycles. The Hall–Kier alpha value is -4.23. The number of hydrogen-bond donors (Lipinski definition) is 1. The number of amides is 1. The fourth-order valence-electron chi connectivity index (χ4n) is 5.76. The summed E-state index contributed by atoms with van der Waals surface area (Å²) in [6.07, 6.45) is 5.92. The third-order valence-corrected chi connectivity index (χ3v) is 8.18. The van der Waals surface area contributed by atoms with E-state index in [1.54, 1.807) is 0 Å². The van der Waals surface area contributed by atoms with E-state index in [9.17, 15) is 9.59 Å². The van der Waals surface area contributed by atoms with Gasteiger partial charge in [-0.3, -0.25) is 9.59 Å². The Kier molecular flexibility index (Phi) is 7.70. The first-order chi connectivity index (χ1) is 20.0. The standard InChI is InChI=1S/C33H31ClN4O3/c34-25-12-9-23(10-13-25)32-28(6-2-4-8-31(39)40)35-29-21-24(11-14-27(29)36-32)33(41)37-18-16-26(17-19-37)38-20-15-22-5-1-3-7-30(22)38/h1,3,5,7,9-15,20-21,26H,2,4,6,8,16-19H2,(H,39,40). The number of unbranched alkanes of at least 4 members (excludes halogenated alkanes) is 1. The van der Waals surface area contributed by atoms with Crippen molar-refractivity contribution >= 4 is 45.4 Å². The molecule has 1 N–H and O–H groups in total. The summed E-state index contributed by atoms with van der Waals surface area (Å²) in [5.41, 5.74) is 5.65. The summed E-state index contributed by atoms with van der Waals surface area (Å²) in [7, 11) is 0. The maximum Gasteiger partial charge on any atom is 0.303 e. The average molecular weight is 567 g/mol. The lowest BCUT2D eigenvalue weighted by atomic mass is 10.0. The van der Waals surface area contributed by atoms with Gasteiger partial charge in [0.25, 0.3) is 5.91 Å². The Balaban J connectivity index is 1.22. The molecule has 1 amide bonds. The lowest BCUT2D eigenvalue weighted by molar-refractivity contribution is -0.137. The summed E-state index contributed by atoms with van der Waals surface area (Å²) in [6, 6.07) is 23.9. The number of carboxylic acids is 1. The molecule has 7 nitrogen and oxygen atoms in total. The Morgan fingerprint density at radius 2 is 1.68 bits per heavy atom. The lowest BCUT2D eigenvalue weighted by Gasteiger charge is -2.33. The normalized spacial score (nSPS) is 14.1. The van der Waals surface area contributed by atoms with Crippen molar-refractivity contribution in [2.75, 3.05) is 13.1 Å². The average Bonchev–Trinajstić information content (AvgIpc) is 3.43. The molecule has 41 heavy (non-hydrogen) atoms. The third kappa shape index (κ3) is 5.81. The molecule has 2 aromatic heterocycles. The first-order valence-electron chi connectivity index (χ1n) is 14.1. The van der Waals surface area contributed by atoms with Crippen molar-refractivity contribution in [3.63, 3.8) is 0 Å². The summed E-state index contributed by atoms with van der Waals surface area (Å²) in [4.78, 5) is 36.3. The minimum absolute atomic E-state index is 0.00861. The number of rotatable bonds is 8. The number of carboxylic acid groups (broad SMARTS) is 1. The minimum atomic E-state index is -0.804. The number of hydrogen-bond acceptors (Lipinski definition) is 4. The van der Waals surface area contributed by atoms with Gasteiger partial charge in [0, 0.05) is 53.4 Å². The molecule has 0 aliphatic carbocycles. The molecule has 6 rings (SSSR count). The van der Waals surface area contributed by atoms with Gasteiger partial charge in [0.1, 0.15) is 0 Å². The molecule has 3 aromatic carbocycles. The molecule has 1 saturated heterocycles. The highest BCUT2D eigenvalue weighted by Crippen LogP contribution is 2.30. The molecule has 0 unspecified atom stereocenters. The quantitative estimate of drug-likeness (QED) is 0.201. The molecule has 0 spiro atoms. The monoisotopic (exact) mass is 566 g/mol. The van der Waals surface area contributed by atoms with Crippen LogP contribution in [0.2, 0.25) is 5.02 Å². The number of nitrogens with zero attached hydrogens (tertiary/aromatic N) is 4. The summed E-state index contributed by atoms with van der Waals surface area (Å²) in [5, 5.41) is 10.9. The van der Waals surface area contributed by atoms with Crippen LogP contribution >= 0.6 is 11.6 Å². The van der Waals surface area contributed by atoms with Gasteiger partial charge in [-0.05, 0) is 80.0 Å². The second-order valence-electron chi connectivity index (χ2n) is 10.6. The topological polar surface area (TPSA) is 88.3 Å². The molecule has 0 saturated carbocycles. The number of piperidine rings is 1. The van der Waals surface area contributed by atoms with Crippen molar-refractivity contribution in [3.05, 3.63) is 95.3 Å². The zero-order valence-electron chi connectivity index (χ0n) is 22.7. The van der Waals surface area contributed by atoms with E-state index >= 15 is 0 Å². The van der Waals surface area contributed by atoms with Crippen LogP contribution in [0.5, 0.6) is 0 Å². The van der Waals surface area contributed by atoms with Crippen molar-refractivity contribution in [1.29, 1.82) is 0 Å². The summed E-state index contributed by atoms with van der Waals surface area (Å²) >= 11 is 6.11. The second kappa shape index (κ2) is 11.7. The van der Waals surface area contributed by atoms with E-state index in [0.717, 1.165) is 29.8 Å². The number of aromatic nitrogens is 3. The Morgan fingerprint density at radius 1 is 0.902 bits per heavy atom. The van der Waals surface area contributed by atoms with E-state index < -0.39 is 5.97 Å². The van der Waals surface area contributed by atoms with Crippen molar-refractivity contribution in [2.24, 2.45) is 0 Å². The molecule has 8 heteroatoms. The van der Waals surface area contributed by atoms with Crippen LogP contribution in [0.4, 0.5) is 0 Å². The van der Waals surface area contributed by atoms with E-state index in [2.05, 4.69) is 41.1 Å². The van der Waals surface area contributed by atoms with Crippen LogP contribution in [0, 0.1) is 0 Å². The van der Waals surface area contributed by atoms with Gasteiger partial charge in [-0.2, -0.15) is 0 Å². The lowest BCUT2D eigenvalue weighted by Crippen LogP contribution is -2.39. The van der Waals surface area contributed by atoms with Gasteiger partial charge < -0.3 is 14.6 Å².